The molecule has 4 heteroatoms. The predicted octanol–water partition coefficient (Wildman–Crippen LogP) is 1.72. The van der Waals surface area contributed by atoms with Gasteiger partial charge in [-0.15, -0.1) is 0 Å². The summed E-state index contributed by atoms with van der Waals surface area (Å²) in [6.07, 6.45) is 0. The highest BCUT2D eigenvalue weighted by Crippen LogP contribution is 2.32. The molecule has 0 aliphatic rings. The minimum atomic E-state index is 0.440. The van der Waals surface area contributed by atoms with Crippen LogP contribution in [0.3, 0.4) is 0 Å². The van der Waals surface area contributed by atoms with Crippen molar-refractivity contribution >= 4 is 0 Å². The van der Waals surface area contributed by atoms with Gasteiger partial charge in [0.25, 0.3) is 0 Å². The minimum absolute atomic E-state index is 0.440. The van der Waals surface area contributed by atoms with Gasteiger partial charge in [0.2, 0.25) is 0 Å². The minimum Gasteiger partial charge on any atom is -0.493 e. The molecular weight excluding hydrogens is 194 g/mol. The standard InChI is InChI=1S/C11H13NO3/c1-13-7-8-4-9(6-12)11(15-3)10(5-8)14-2/h4-5H,7H2,1-3H3. The Morgan fingerprint density at radius 1 is 1.20 bits per heavy atom. The monoisotopic (exact) mass is 207 g/mol. The van der Waals surface area contributed by atoms with E-state index in [-0.39, 0.29) is 0 Å². The lowest BCUT2D eigenvalue weighted by atomic mass is 10.1. The van der Waals surface area contributed by atoms with Crippen LogP contribution in [-0.2, 0) is 11.3 Å². The molecule has 80 valence electrons. The van der Waals surface area contributed by atoms with E-state index in [0.29, 0.717) is 23.7 Å². The zero-order chi connectivity index (χ0) is 11.3. The fourth-order valence-electron chi connectivity index (χ4n) is 1.35. The Hall–Kier alpha value is -1.73. The van der Waals surface area contributed by atoms with Crippen LogP contribution in [0.1, 0.15) is 11.1 Å². The van der Waals surface area contributed by atoms with Gasteiger partial charge in [0, 0.05) is 7.11 Å². The molecule has 0 saturated carbocycles. The molecule has 0 aliphatic heterocycles. The molecule has 15 heavy (non-hydrogen) atoms. The summed E-state index contributed by atoms with van der Waals surface area (Å²) in [5.74, 6) is 1.00. The van der Waals surface area contributed by atoms with Crippen molar-refractivity contribution in [3.63, 3.8) is 0 Å². The zero-order valence-corrected chi connectivity index (χ0v) is 9.03. The van der Waals surface area contributed by atoms with E-state index in [1.54, 1.807) is 19.2 Å². The molecular formula is C11H13NO3. The number of benzene rings is 1. The molecule has 0 unspecified atom stereocenters. The van der Waals surface area contributed by atoms with Crippen molar-refractivity contribution in [1.82, 2.24) is 0 Å². The van der Waals surface area contributed by atoms with E-state index in [4.69, 9.17) is 19.5 Å². The third kappa shape index (κ3) is 2.39. The predicted molar refractivity (Wildman–Crippen MR) is 55.0 cm³/mol. The maximum atomic E-state index is 8.94. The van der Waals surface area contributed by atoms with Crippen molar-refractivity contribution in [2.24, 2.45) is 0 Å². The van der Waals surface area contributed by atoms with Crippen LogP contribution in [0.25, 0.3) is 0 Å². The lowest BCUT2D eigenvalue weighted by molar-refractivity contribution is 0.184. The molecule has 0 fully saturated rings. The number of hydrogen-bond acceptors (Lipinski definition) is 4. The van der Waals surface area contributed by atoms with E-state index in [1.807, 2.05) is 0 Å². The summed E-state index contributed by atoms with van der Waals surface area (Å²) in [5.41, 5.74) is 1.33. The van der Waals surface area contributed by atoms with Crippen molar-refractivity contribution in [1.29, 1.82) is 5.26 Å². The third-order valence-electron chi connectivity index (χ3n) is 1.97. The molecule has 4 nitrogen and oxygen atoms in total. The van der Waals surface area contributed by atoms with Crippen molar-refractivity contribution in [2.75, 3.05) is 21.3 Å². The van der Waals surface area contributed by atoms with Gasteiger partial charge in [-0.25, -0.2) is 0 Å². The number of hydrogen-bond donors (Lipinski definition) is 0. The molecule has 1 aromatic rings. The van der Waals surface area contributed by atoms with Gasteiger partial charge in [0.15, 0.2) is 11.5 Å². The second kappa shape index (κ2) is 5.23. The first-order valence-electron chi connectivity index (χ1n) is 4.40. The van der Waals surface area contributed by atoms with Crippen LogP contribution in [0, 0.1) is 11.3 Å². The van der Waals surface area contributed by atoms with Gasteiger partial charge in [-0.3, -0.25) is 0 Å². The first kappa shape index (κ1) is 11.3. The average molecular weight is 207 g/mol. The number of methoxy groups -OCH3 is 3. The highest BCUT2D eigenvalue weighted by Gasteiger charge is 2.11. The largest absolute Gasteiger partial charge is 0.493 e. The molecule has 1 aromatic carbocycles. The van der Waals surface area contributed by atoms with Crippen LogP contribution in [0.5, 0.6) is 11.5 Å². The first-order chi connectivity index (χ1) is 7.26. The van der Waals surface area contributed by atoms with Gasteiger partial charge in [-0.05, 0) is 17.7 Å². The number of nitrogens with zero attached hydrogens (tertiary/aromatic N) is 1. The molecule has 0 N–H and O–H groups in total. The van der Waals surface area contributed by atoms with Crippen LogP contribution >= 0.6 is 0 Å². The van der Waals surface area contributed by atoms with E-state index in [0.717, 1.165) is 5.56 Å². The number of nitriles is 1. The molecule has 0 saturated heterocycles. The van der Waals surface area contributed by atoms with Gasteiger partial charge in [0.1, 0.15) is 6.07 Å². The maximum absolute atomic E-state index is 8.94. The van der Waals surface area contributed by atoms with Gasteiger partial charge < -0.3 is 14.2 Å². The molecule has 0 amide bonds. The van der Waals surface area contributed by atoms with Crippen molar-refractivity contribution in [3.05, 3.63) is 23.3 Å². The lowest BCUT2D eigenvalue weighted by Gasteiger charge is -2.11. The molecule has 0 aromatic heterocycles. The van der Waals surface area contributed by atoms with Crippen LogP contribution < -0.4 is 9.47 Å². The molecule has 0 bridgehead atoms. The quantitative estimate of drug-likeness (QED) is 0.754. The molecule has 0 aliphatic carbocycles. The number of rotatable bonds is 4. The SMILES string of the molecule is COCc1cc(C#N)c(OC)c(OC)c1. The summed E-state index contributed by atoms with van der Waals surface area (Å²) in [7, 11) is 4.65. The summed E-state index contributed by atoms with van der Waals surface area (Å²) < 4.78 is 15.2. The van der Waals surface area contributed by atoms with Gasteiger partial charge in [-0.1, -0.05) is 0 Å². The van der Waals surface area contributed by atoms with Crippen LogP contribution in [-0.4, -0.2) is 21.3 Å². The normalized spacial score (nSPS) is 9.47. The molecule has 1 rings (SSSR count). The molecule has 0 heterocycles. The van der Waals surface area contributed by atoms with Crippen molar-refractivity contribution < 1.29 is 14.2 Å². The molecule has 0 spiro atoms. The van der Waals surface area contributed by atoms with Gasteiger partial charge in [-0.2, -0.15) is 5.26 Å². The lowest BCUT2D eigenvalue weighted by Crippen LogP contribution is -1.97. The fraction of sp³-hybridized carbons (Fsp3) is 0.364. The second-order valence-corrected chi connectivity index (χ2v) is 2.92. The Morgan fingerprint density at radius 3 is 2.40 bits per heavy atom. The summed E-state index contributed by atoms with van der Waals surface area (Å²) in [6.45, 7) is 0.440. The highest BCUT2D eigenvalue weighted by atomic mass is 16.5. The number of ether oxygens (including phenoxy) is 3. The van der Waals surface area contributed by atoms with Crippen molar-refractivity contribution in [3.8, 4) is 17.6 Å². The first-order valence-corrected chi connectivity index (χ1v) is 4.40. The Balaban J connectivity index is 3.24. The van der Waals surface area contributed by atoms with E-state index >= 15 is 0 Å². The van der Waals surface area contributed by atoms with Crippen LogP contribution in [0.2, 0.25) is 0 Å². The molecule has 0 atom stereocenters. The maximum Gasteiger partial charge on any atom is 0.178 e. The Morgan fingerprint density at radius 2 is 1.93 bits per heavy atom. The van der Waals surface area contributed by atoms with Gasteiger partial charge in [0.05, 0.1) is 26.4 Å². The molecule has 0 radical (unpaired) electrons. The van der Waals surface area contributed by atoms with E-state index in [9.17, 15) is 0 Å². The smallest absolute Gasteiger partial charge is 0.178 e. The fourth-order valence-corrected chi connectivity index (χ4v) is 1.35. The van der Waals surface area contributed by atoms with E-state index < -0.39 is 0 Å². The van der Waals surface area contributed by atoms with E-state index in [2.05, 4.69) is 6.07 Å². The highest BCUT2D eigenvalue weighted by molar-refractivity contribution is 5.54. The van der Waals surface area contributed by atoms with Crippen LogP contribution in [0.15, 0.2) is 12.1 Å². The third-order valence-corrected chi connectivity index (χ3v) is 1.97. The van der Waals surface area contributed by atoms with E-state index in [1.165, 1.54) is 14.2 Å². The second-order valence-electron chi connectivity index (χ2n) is 2.92. The summed E-state index contributed by atoms with van der Waals surface area (Å²) >= 11 is 0. The summed E-state index contributed by atoms with van der Waals surface area (Å²) in [6, 6.07) is 5.58. The Labute approximate surface area is 89.0 Å². The van der Waals surface area contributed by atoms with Gasteiger partial charge >= 0.3 is 0 Å². The van der Waals surface area contributed by atoms with Crippen molar-refractivity contribution in [2.45, 2.75) is 6.61 Å². The Kier molecular flexibility index (Phi) is 3.95. The average Bonchev–Trinajstić information content (AvgIpc) is 2.28. The Bertz CT molecular complexity index is 382. The topological polar surface area (TPSA) is 51.5 Å². The van der Waals surface area contributed by atoms with Crippen LogP contribution in [0.4, 0.5) is 0 Å². The zero-order valence-electron chi connectivity index (χ0n) is 9.03. The summed E-state index contributed by atoms with van der Waals surface area (Å²) in [4.78, 5) is 0. The summed E-state index contributed by atoms with van der Waals surface area (Å²) in [5, 5.41) is 8.94.